The van der Waals surface area contributed by atoms with Crippen LogP contribution in [-0.2, 0) is 4.74 Å². The number of fused-ring (bicyclic) bond motifs is 1. The first-order valence-corrected chi connectivity index (χ1v) is 5.48. The second-order valence-corrected chi connectivity index (χ2v) is 3.77. The van der Waals surface area contributed by atoms with Crippen molar-refractivity contribution in [3.63, 3.8) is 0 Å². The second kappa shape index (κ2) is 5.18. The molecule has 2 N–H and O–H groups in total. The summed E-state index contributed by atoms with van der Waals surface area (Å²) in [5.41, 5.74) is 0.962. The molecule has 0 aliphatic carbocycles. The number of hydrogen-bond acceptors (Lipinski definition) is 4. The SMILES string of the molecule is O=C1c2ccccc2C(=O)[NH+]1CCOCCO. The third-order valence-electron chi connectivity index (χ3n) is 2.70. The van der Waals surface area contributed by atoms with Gasteiger partial charge in [0.1, 0.15) is 6.54 Å². The van der Waals surface area contributed by atoms with Crippen molar-refractivity contribution < 1.29 is 24.3 Å². The van der Waals surface area contributed by atoms with E-state index < -0.39 is 0 Å². The summed E-state index contributed by atoms with van der Waals surface area (Å²) >= 11 is 0. The highest BCUT2D eigenvalue weighted by Gasteiger charge is 2.40. The van der Waals surface area contributed by atoms with Crippen LogP contribution in [-0.4, -0.2) is 43.3 Å². The van der Waals surface area contributed by atoms with Gasteiger partial charge in [-0.3, -0.25) is 0 Å². The van der Waals surface area contributed by atoms with Gasteiger partial charge < -0.3 is 9.84 Å². The first-order chi connectivity index (χ1) is 8.25. The van der Waals surface area contributed by atoms with Gasteiger partial charge in [-0.15, -0.1) is 0 Å². The fourth-order valence-electron chi connectivity index (χ4n) is 1.88. The van der Waals surface area contributed by atoms with Crippen molar-refractivity contribution in [3.8, 4) is 0 Å². The molecule has 1 aliphatic rings. The highest BCUT2D eigenvalue weighted by molar-refractivity contribution is 6.11. The molecule has 2 rings (SSSR count). The van der Waals surface area contributed by atoms with E-state index in [1.54, 1.807) is 24.3 Å². The molecule has 1 aromatic rings. The van der Waals surface area contributed by atoms with E-state index in [0.717, 1.165) is 0 Å². The summed E-state index contributed by atoms with van der Waals surface area (Å²) in [5, 5.41) is 8.54. The summed E-state index contributed by atoms with van der Waals surface area (Å²) in [6, 6.07) is 6.82. The minimum atomic E-state index is -0.196. The monoisotopic (exact) mass is 236 g/mol. The van der Waals surface area contributed by atoms with Crippen LogP contribution >= 0.6 is 0 Å². The van der Waals surface area contributed by atoms with Gasteiger partial charge in [0.05, 0.1) is 30.9 Å². The Morgan fingerprint density at radius 3 is 2.18 bits per heavy atom. The van der Waals surface area contributed by atoms with Crippen molar-refractivity contribution in [1.82, 2.24) is 0 Å². The number of aliphatic hydroxyl groups excluding tert-OH is 1. The number of quaternary nitrogens is 1. The van der Waals surface area contributed by atoms with Crippen molar-refractivity contribution in [1.29, 1.82) is 0 Å². The van der Waals surface area contributed by atoms with Crippen LogP contribution in [0.2, 0.25) is 0 Å². The average Bonchev–Trinajstić information content (AvgIpc) is 2.60. The molecule has 2 amide bonds. The van der Waals surface area contributed by atoms with Gasteiger partial charge in [0, 0.05) is 0 Å². The second-order valence-electron chi connectivity index (χ2n) is 3.77. The Kier molecular flexibility index (Phi) is 3.63. The first kappa shape index (κ1) is 11.9. The molecule has 1 aliphatic heterocycles. The van der Waals surface area contributed by atoms with E-state index in [2.05, 4.69) is 0 Å². The highest BCUT2D eigenvalue weighted by Crippen LogP contribution is 2.10. The van der Waals surface area contributed by atoms with Crippen LogP contribution in [0.25, 0.3) is 0 Å². The first-order valence-electron chi connectivity index (χ1n) is 5.48. The maximum absolute atomic E-state index is 11.9. The van der Waals surface area contributed by atoms with Gasteiger partial charge in [0.2, 0.25) is 0 Å². The predicted octanol–water partition coefficient (Wildman–Crippen LogP) is -1.13. The number of nitrogens with one attached hydrogen (secondary N) is 1. The summed E-state index contributed by atoms with van der Waals surface area (Å²) in [7, 11) is 0. The standard InChI is InChI=1S/C12H13NO4/c14-6-8-17-7-5-13-11(15)9-3-1-2-4-10(9)12(13)16/h1-4,14H,5-8H2/p+1. The van der Waals surface area contributed by atoms with E-state index >= 15 is 0 Å². The van der Waals surface area contributed by atoms with Crippen LogP contribution in [0.3, 0.4) is 0 Å². The molecular weight excluding hydrogens is 222 g/mol. The van der Waals surface area contributed by atoms with Gasteiger partial charge in [-0.05, 0) is 12.1 Å². The summed E-state index contributed by atoms with van der Waals surface area (Å²) in [5.74, 6) is -0.392. The number of hydrogen-bond donors (Lipinski definition) is 2. The number of carbonyl (C=O) groups is 2. The molecule has 1 heterocycles. The van der Waals surface area contributed by atoms with Gasteiger partial charge in [-0.2, -0.15) is 4.90 Å². The zero-order valence-electron chi connectivity index (χ0n) is 9.31. The topological polar surface area (TPSA) is 68.0 Å². The fourth-order valence-corrected chi connectivity index (χ4v) is 1.88. The maximum Gasteiger partial charge on any atom is 0.352 e. The Morgan fingerprint density at radius 1 is 1.06 bits per heavy atom. The highest BCUT2D eigenvalue weighted by atomic mass is 16.5. The van der Waals surface area contributed by atoms with Gasteiger partial charge in [-0.25, -0.2) is 9.59 Å². The van der Waals surface area contributed by atoms with E-state index in [0.29, 0.717) is 17.7 Å². The van der Waals surface area contributed by atoms with Crippen molar-refractivity contribution in [2.45, 2.75) is 0 Å². The van der Waals surface area contributed by atoms with Crippen LogP contribution in [0.4, 0.5) is 0 Å². The zero-order valence-corrected chi connectivity index (χ0v) is 9.31. The van der Waals surface area contributed by atoms with Crippen LogP contribution < -0.4 is 4.90 Å². The quantitative estimate of drug-likeness (QED) is 0.501. The smallest absolute Gasteiger partial charge is 0.352 e. The molecule has 1 aromatic carbocycles. The third kappa shape index (κ3) is 2.26. The number of ether oxygens (including phenoxy) is 1. The third-order valence-corrected chi connectivity index (χ3v) is 2.70. The van der Waals surface area contributed by atoms with Gasteiger partial charge in [-0.1, -0.05) is 12.1 Å². The molecular formula is C12H14NO4+. The lowest BCUT2D eigenvalue weighted by molar-refractivity contribution is -0.721. The molecule has 90 valence electrons. The van der Waals surface area contributed by atoms with Gasteiger partial charge in [0.25, 0.3) is 0 Å². The van der Waals surface area contributed by atoms with Crippen molar-refractivity contribution in [3.05, 3.63) is 35.4 Å². The number of carbonyl (C=O) groups excluding carboxylic acids is 2. The molecule has 17 heavy (non-hydrogen) atoms. The molecule has 0 bridgehead atoms. The summed E-state index contributed by atoms with van der Waals surface area (Å²) in [4.78, 5) is 24.1. The number of benzene rings is 1. The minimum Gasteiger partial charge on any atom is -0.394 e. The molecule has 0 spiro atoms. The van der Waals surface area contributed by atoms with Gasteiger partial charge in [0.15, 0.2) is 0 Å². The van der Waals surface area contributed by atoms with E-state index in [1.165, 1.54) is 0 Å². The Morgan fingerprint density at radius 2 is 1.65 bits per heavy atom. The normalized spacial score (nSPS) is 15.4. The van der Waals surface area contributed by atoms with Crippen LogP contribution in [0.15, 0.2) is 24.3 Å². The average molecular weight is 236 g/mol. The lowest BCUT2D eigenvalue weighted by atomic mass is 10.1. The summed E-state index contributed by atoms with van der Waals surface area (Å²) < 4.78 is 5.06. The summed E-state index contributed by atoms with van der Waals surface area (Å²) in [6.07, 6.45) is 0. The molecule has 0 radical (unpaired) electrons. The number of rotatable bonds is 5. The van der Waals surface area contributed by atoms with Crippen LogP contribution in [0.5, 0.6) is 0 Å². The number of amides is 2. The number of imide groups is 1. The lowest BCUT2D eigenvalue weighted by Crippen LogP contribution is -3.15. The molecule has 0 atom stereocenters. The van der Waals surface area contributed by atoms with Crippen molar-refractivity contribution in [2.75, 3.05) is 26.4 Å². The van der Waals surface area contributed by atoms with E-state index in [-0.39, 0.29) is 36.5 Å². The Bertz CT molecular complexity index is 409. The zero-order chi connectivity index (χ0) is 12.3. The molecule has 0 saturated heterocycles. The molecule has 0 unspecified atom stereocenters. The largest absolute Gasteiger partial charge is 0.394 e. The lowest BCUT2D eigenvalue weighted by Gasteiger charge is -2.07. The maximum atomic E-state index is 11.9. The molecule has 0 aromatic heterocycles. The van der Waals surface area contributed by atoms with Crippen LogP contribution in [0, 0.1) is 0 Å². The molecule has 0 fully saturated rings. The minimum absolute atomic E-state index is 0.0581. The van der Waals surface area contributed by atoms with Crippen molar-refractivity contribution >= 4 is 11.8 Å². The van der Waals surface area contributed by atoms with Crippen LogP contribution in [0.1, 0.15) is 20.7 Å². The Labute approximate surface area is 98.6 Å². The fraction of sp³-hybridized carbons (Fsp3) is 0.333. The Balaban J connectivity index is 2.03. The van der Waals surface area contributed by atoms with E-state index in [9.17, 15) is 9.59 Å². The molecule has 5 heteroatoms. The van der Waals surface area contributed by atoms with E-state index in [4.69, 9.17) is 9.84 Å². The Hall–Kier alpha value is -1.56. The molecule has 5 nitrogen and oxygen atoms in total. The number of aliphatic hydroxyl groups is 1. The van der Waals surface area contributed by atoms with E-state index in [1.807, 2.05) is 0 Å². The van der Waals surface area contributed by atoms with Gasteiger partial charge >= 0.3 is 11.8 Å². The predicted molar refractivity (Wildman–Crippen MR) is 58.8 cm³/mol. The molecule has 0 saturated carbocycles. The van der Waals surface area contributed by atoms with Crippen molar-refractivity contribution in [2.24, 2.45) is 0 Å². The summed E-state index contributed by atoms with van der Waals surface area (Å²) in [6.45, 7) is 0.744.